The summed E-state index contributed by atoms with van der Waals surface area (Å²) >= 11 is 5.73. The van der Waals surface area contributed by atoms with Crippen LogP contribution in [-0.4, -0.2) is 5.11 Å². The molecule has 0 heterocycles. The minimum absolute atomic E-state index is 0.0249. The van der Waals surface area contributed by atoms with Crippen LogP contribution in [-0.2, 0) is 0 Å². The summed E-state index contributed by atoms with van der Waals surface area (Å²) in [7, 11) is 0. The zero-order valence-electron chi connectivity index (χ0n) is 10.2. The fourth-order valence-corrected chi connectivity index (χ4v) is 2.11. The number of hydrogen-bond acceptors (Lipinski definition) is 1. The molecule has 94 valence electrons. The molecular formula is C15H14ClFO. The SMILES string of the molecule is Cc1ccc(C)c(C(O)c2ccc(F)c(Cl)c2)c1. The van der Waals surface area contributed by atoms with Crippen molar-refractivity contribution < 1.29 is 9.50 Å². The molecule has 0 aliphatic heterocycles. The van der Waals surface area contributed by atoms with E-state index in [4.69, 9.17) is 11.6 Å². The van der Waals surface area contributed by atoms with Gasteiger partial charge in [0.05, 0.1) is 5.02 Å². The summed E-state index contributed by atoms with van der Waals surface area (Å²) in [5.74, 6) is -0.478. The van der Waals surface area contributed by atoms with Crippen molar-refractivity contribution in [2.45, 2.75) is 20.0 Å². The van der Waals surface area contributed by atoms with Gasteiger partial charge in [-0.05, 0) is 42.7 Å². The Hall–Kier alpha value is -1.38. The van der Waals surface area contributed by atoms with Gasteiger partial charge in [-0.2, -0.15) is 0 Å². The molecule has 2 aromatic carbocycles. The van der Waals surface area contributed by atoms with Gasteiger partial charge in [0.2, 0.25) is 0 Å². The summed E-state index contributed by atoms with van der Waals surface area (Å²) in [6.45, 7) is 3.90. The highest BCUT2D eigenvalue weighted by molar-refractivity contribution is 6.30. The van der Waals surface area contributed by atoms with E-state index >= 15 is 0 Å². The average Bonchev–Trinajstić information content (AvgIpc) is 2.35. The smallest absolute Gasteiger partial charge is 0.141 e. The molecule has 0 saturated carbocycles. The van der Waals surface area contributed by atoms with Crippen molar-refractivity contribution in [2.75, 3.05) is 0 Å². The lowest BCUT2D eigenvalue weighted by Gasteiger charge is -2.15. The van der Waals surface area contributed by atoms with Crippen molar-refractivity contribution in [1.29, 1.82) is 0 Å². The highest BCUT2D eigenvalue weighted by atomic mass is 35.5. The highest BCUT2D eigenvalue weighted by Crippen LogP contribution is 2.28. The van der Waals surface area contributed by atoms with Gasteiger partial charge >= 0.3 is 0 Å². The molecule has 3 heteroatoms. The van der Waals surface area contributed by atoms with Crippen molar-refractivity contribution in [3.05, 3.63) is 69.5 Å². The van der Waals surface area contributed by atoms with E-state index in [9.17, 15) is 9.50 Å². The molecule has 0 aliphatic carbocycles. The summed E-state index contributed by atoms with van der Waals surface area (Å²) in [6.07, 6.45) is -0.789. The predicted octanol–water partition coefficient (Wildman–Crippen LogP) is 4.18. The normalized spacial score (nSPS) is 12.5. The Balaban J connectivity index is 2.44. The number of hydrogen-bond donors (Lipinski definition) is 1. The molecule has 1 nitrogen and oxygen atoms in total. The molecule has 18 heavy (non-hydrogen) atoms. The Morgan fingerprint density at radius 2 is 1.83 bits per heavy atom. The summed E-state index contributed by atoms with van der Waals surface area (Å²) in [6, 6.07) is 10.2. The third-order valence-electron chi connectivity index (χ3n) is 2.99. The first kappa shape index (κ1) is 13.1. The van der Waals surface area contributed by atoms with Crippen molar-refractivity contribution in [1.82, 2.24) is 0 Å². The van der Waals surface area contributed by atoms with Gasteiger partial charge in [-0.25, -0.2) is 4.39 Å². The number of benzene rings is 2. The van der Waals surface area contributed by atoms with Gasteiger partial charge in [0.1, 0.15) is 11.9 Å². The Morgan fingerprint density at radius 1 is 1.11 bits per heavy atom. The van der Waals surface area contributed by atoms with Crippen LogP contribution >= 0.6 is 11.6 Å². The molecular weight excluding hydrogens is 251 g/mol. The van der Waals surface area contributed by atoms with Crippen LogP contribution in [0.1, 0.15) is 28.4 Å². The molecule has 0 amide bonds. The van der Waals surface area contributed by atoms with E-state index in [2.05, 4.69) is 0 Å². The van der Waals surface area contributed by atoms with E-state index in [1.54, 1.807) is 6.07 Å². The zero-order chi connectivity index (χ0) is 13.3. The van der Waals surface area contributed by atoms with E-state index in [0.29, 0.717) is 5.56 Å². The quantitative estimate of drug-likeness (QED) is 0.863. The molecule has 2 rings (SSSR count). The Kier molecular flexibility index (Phi) is 3.69. The van der Waals surface area contributed by atoms with Gasteiger partial charge in [0, 0.05) is 0 Å². The first-order valence-corrected chi connectivity index (χ1v) is 6.07. The Bertz CT molecular complexity index is 581. The van der Waals surface area contributed by atoms with Crippen LogP contribution in [0, 0.1) is 19.7 Å². The number of aliphatic hydroxyl groups is 1. The van der Waals surface area contributed by atoms with Crippen LogP contribution in [0.2, 0.25) is 5.02 Å². The largest absolute Gasteiger partial charge is 0.384 e. The lowest BCUT2D eigenvalue weighted by atomic mass is 9.96. The first-order valence-electron chi connectivity index (χ1n) is 5.69. The maximum Gasteiger partial charge on any atom is 0.141 e. The van der Waals surface area contributed by atoms with E-state index in [1.807, 2.05) is 32.0 Å². The monoisotopic (exact) mass is 264 g/mol. The topological polar surface area (TPSA) is 20.2 Å². The molecule has 0 saturated heterocycles. The number of aliphatic hydroxyl groups excluding tert-OH is 1. The third-order valence-corrected chi connectivity index (χ3v) is 3.28. The lowest BCUT2D eigenvalue weighted by molar-refractivity contribution is 0.219. The predicted molar refractivity (Wildman–Crippen MR) is 71.4 cm³/mol. The summed E-state index contributed by atoms with van der Waals surface area (Å²) < 4.78 is 13.1. The molecule has 0 spiro atoms. The molecule has 0 radical (unpaired) electrons. The summed E-state index contributed by atoms with van der Waals surface area (Å²) in [5.41, 5.74) is 3.48. The van der Waals surface area contributed by atoms with Crippen LogP contribution in [0.3, 0.4) is 0 Å². The van der Waals surface area contributed by atoms with Gasteiger partial charge in [-0.1, -0.05) is 41.4 Å². The minimum atomic E-state index is -0.789. The number of halogens is 2. The van der Waals surface area contributed by atoms with Crippen LogP contribution in [0.15, 0.2) is 36.4 Å². The van der Waals surface area contributed by atoms with E-state index in [0.717, 1.165) is 16.7 Å². The summed E-state index contributed by atoms with van der Waals surface area (Å²) in [5, 5.41) is 10.4. The second kappa shape index (κ2) is 5.09. The first-order chi connectivity index (χ1) is 8.49. The zero-order valence-corrected chi connectivity index (χ0v) is 11.0. The van der Waals surface area contributed by atoms with Gasteiger partial charge < -0.3 is 5.11 Å². The Morgan fingerprint density at radius 3 is 2.50 bits per heavy atom. The molecule has 0 fully saturated rings. The van der Waals surface area contributed by atoms with Gasteiger partial charge in [-0.15, -0.1) is 0 Å². The molecule has 0 aromatic heterocycles. The van der Waals surface area contributed by atoms with Crippen LogP contribution < -0.4 is 0 Å². The summed E-state index contributed by atoms with van der Waals surface area (Å²) in [4.78, 5) is 0. The average molecular weight is 265 g/mol. The highest BCUT2D eigenvalue weighted by Gasteiger charge is 2.14. The van der Waals surface area contributed by atoms with E-state index in [-0.39, 0.29) is 5.02 Å². The second-order valence-corrected chi connectivity index (χ2v) is 4.84. The van der Waals surface area contributed by atoms with Crippen molar-refractivity contribution >= 4 is 11.6 Å². The molecule has 1 atom stereocenters. The number of aryl methyl sites for hydroxylation is 2. The van der Waals surface area contributed by atoms with Gasteiger partial charge in [-0.3, -0.25) is 0 Å². The Labute approximate surface area is 111 Å². The third kappa shape index (κ3) is 2.55. The van der Waals surface area contributed by atoms with Crippen LogP contribution in [0.25, 0.3) is 0 Å². The van der Waals surface area contributed by atoms with E-state index in [1.165, 1.54) is 12.1 Å². The van der Waals surface area contributed by atoms with Gasteiger partial charge in [0.15, 0.2) is 0 Å². The van der Waals surface area contributed by atoms with Crippen molar-refractivity contribution in [2.24, 2.45) is 0 Å². The molecule has 1 N–H and O–H groups in total. The second-order valence-electron chi connectivity index (χ2n) is 4.44. The maximum atomic E-state index is 13.1. The van der Waals surface area contributed by atoms with E-state index < -0.39 is 11.9 Å². The molecule has 2 aromatic rings. The van der Waals surface area contributed by atoms with Crippen LogP contribution in [0.4, 0.5) is 4.39 Å². The fourth-order valence-electron chi connectivity index (χ4n) is 1.92. The molecule has 0 bridgehead atoms. The molecule has 1 unspecified atom stereocenters. The van der Waals surface area contributed by atoms with Crippen molar-refractivity contribution in [3.8, 4) is 0 Å². The molecule has 0 aliphatic rings. The van der Waals surface area contributed by atoms with Crippen LogP contribution in [0.5, 0.6) is 0 Å². The fraction of sp³-hybridized carbons (Fsp3) is 0.200. The minimum Gasteiger partial charge on any atom is -0.384 e. The van der Waals surface area contributed by atoms with Gasteiger partial charge in [0.25, 0.3) is 0 Å². The lowest BCUT2D eigenvalue weighted by Crippen LogP contribution is -2.02. The van der Waals surface area contributed by atoms with Crippen molar-refractivity contribution in [3.63, 3.8) is 0 Å². The number of rotatable bonds is 2. The standard InChI is InChI=1S/C15H14ClFO/c1-9-3-4-10(2)12(7-9)15(18)11-5-6-14(17)13(16)8-11/h3-8,15,18H,1-2H3. The maximum absolute atomic E-state index is 13.1.